The first-order valence-corrected chi connectivity index (χ1v) is 11.5. The number of aliphatic hydroxyl groups is 1. The predicted molar refractivity (Wildman–Crippen MR) is 128 cm³/mol. The molecule has 5 rings (SSSR count). The lowest BCUT2D eigenvalue weighted by Crippen LogP contribution is -2.35. The van der Waals surface area contributed by atoms with Crippen LogP contribution in [-0.2, 0) is 5.41 Å². The van der Waals surface area contributed by atoms with Crippen molar-refractivity contribution in [3.8, 4) is 5.82 Å². The lowest BCUT2D eigenvalue weighted by molar-refractivity contribution is 0.0105. The van der Waals surface area contributed by atoms with Crippen molar-refractivity contribution in [3.63, 3.8) is 0 Å². The van der Waals surface area contributed by atoms with Gasteiger partial charge < -0.3 is 10.0 Å². The van der Waals surface area contributed by atoms with Crippen LogP contribution in [0.2, 0.25) is 0 Å². The van der Waals surface area contributed by atoms with E-state index in [4.69, 9.17) is 0 Å². The summed E-state index contributed by atoms with van der Waals surface area (Å²) in [6.07, 6.45) is 9.12. The average molecular weight is 433 g/mol. The zero-order valence-electron chi connectivity index (χ0n) is 19.4. The van der Waals surface area contributed by atoms with Gasteiger partial charge in [-0.1, -0.05) is 25.5 Å². The van der Waals surface area contributed by atoms with Crippen molar-refractivity contribution in [2.24, 2.45) is 16.8 Å². The van der Waals surface area contributed by atoms with Gasteiger partial charge in [0.15, 0.2) is 5.82 Å². The molecule has 7 heteroatoms. The van der Waals surface area contributed by atoms with Crippen LogP contribution in [0.15, 0.2) is 41.8 Å². The van der Waals surface area contributed by atoms with Crippen molar-refractivity contribution in [2.75, 3.05) is 25.0 Å². The molecule has 7 nitrogen and oxygen atoms in total. The first-order chi connectivity index (χ1) is 15.3. The minimum Gasteiger partial charge on any atom is -0.390 e. The molecule has 2 unspecified atom stereocenters. The predicted octanol–water partition coefficient (Wildman–Crippen LogP) is 3.78. The van der Waals surface area contributed by atoms with Gasteiger partial charge in [0.2, 0.25) is 0 Å². The van der Waals surface area contributed by atoms with E-state index in [0.29, 0.717) is 5.92 Å². The number of hydrogen-bond donors (Lipinski definition) is 1. The van der Waals surface area contributed by atoms with Gasteiger partial charge in [-0.3, -0.25) is 4.99 Å². The Balaban J connectivity index is 1.50. The highest BCUT2D eigenvalue weighted by molar-refractivity contribution is 5.84. The van der Waals surface area contributed by atoms with Crippen molar-refractivity contribution in [3.05, 3.63) is 42.4 Å². The topological polar surface area (TPSA) is 79.4 Å². The summed E-state index contributed by atoms with van der Waals surface area (Å²) in [7, 11) is 1.85. The van der Waals surface area contributed by atoms with Crippen LogP contribution in [0.25, 0.3) is 16.7 Å². The largest absolute Gasteiger partial charge is 0.390 e. The molecule has 2 aliphatic rings. The second-order valence-corrected chi connectivity index (χ2v) is 10.1. The van der Waals surface area contributed by atoms with E-state index < -0.39 is 5.60 Å². The van der Waals surface area contributed by atoms with Crippen molar-refractivity contribution >= 4 is 22.9 Å². The molecule has 0 bridgehead atoms. The zero-order chi connectivity index (χ0) is 22.5. The fourth-order valence-corrected chi connectivity index (χ4v) is 5.51. The van der Waals surface area contributed by atoms with Gasteiger partial charge >= 0.3 is 0 Å². The molecule has 1 saturated carbocycles. The van der Waals surface area contributed by atoms with Crippen LogP contribution in [0.3, 0.4) is 0 Å². The average Bonchev–Trinajstić information content (AvgIpc) is 3.34. The molecule has 1 aliphatic heterocycles. The van der Waals surface area contributed by atoms with E-state index in [1.807, 2.05) is 37.8 Å². The number of anilines is 1. The van der Waals surface area contributed by atoms with Crippen molar-refractivity contribution in [1.82, 2.24) is 19.7 Å². The molecule has 1 saturated heterocycles. The van der Waals surface area contributed by atoms with Crippen LogP contribution in [0.1, 0.15) is 45.6 Å². The Morgan fingerprint density at radius 1 is 1.16 bits per heavy atom. The fourth-order valence-electron chi connectivity index (χ4n) is 5.51. The second-order valence-electron chi connectivity index (χ2n) is 10.1. The molecule has 1 aromatic carbocycles. The molecule has 32 heavy (non-hydrogen) atoms. The highest BCUT2D eigenvalue weighted by Gasteiger charge is 2.40. The van der Waals surface area contributed by atoms with Crippen molar-refractivity contribution < 1.29 is 5.11 Å². The minimum atomic E-state index is -0.710. The quantitative estimate of drug-likeness (QED) is 0.621. The van der Waals surface area contributed by atoms with E-state index in [2.05, 4.69) is 56.3 Å². The molecule has 2 atom stereocenters. The van der Waals surface area contributed by atoms with Gasteiger partial charge in [0.25, 0.3) is 0 Å². The summed E-state index contributed by atoms with van der Waals surface area (Å²) in [6, 6.07) is 8.61. The number of aromatic nitrogens is 4. The first-order valence-electron chi connectivity index (χ1n) is 11.5. The summed E-state index contributed by atoms with van der Waals surface area (Å²) in [4.78, 5) is 15.7. The lowest BCUT2D eigenvalue weighted by atomic mass is 9.65. The van der Waals surface area contributed by atoms with Crippen LogP contribution < -0.4 is 4.90 Å². The molecular formula is C25H32N6O. The Kier molecular flexibility index (Phi) is 5.04. The molecule has 2 aromatic heterocycles. The molecule has 0 spiro atoms. The molecule has 1 aliphatic carbocycles. The van der Waals surface area contributed by atoms with E-state index in [1.54, 1.807) is 6.33 Å². The molecule has 0 radical (unpaired) electrons. The van der Waals surface area contributed by atoms with E-state index in [1.165, 1.54) is 12.0 Å². The van der Waals surface area contributed by atoms with E-state index in [0.717, 1.165) is 48.5 Å². The highest BCUT2D eigenvalue weighted by Crippen LogP contribution is 2.43. The number of nitrogens with zero attached hydrogens (tertiary/aromatic N) is 6. The minimum absolute atomic E-state index is 0.0483. The lowest BCUT2D eigenvalue weighted by Gasteiger charge is -2.39. The smallest absolute Gasteiger partial charge is 0.159 e. The molecule has 3 heterocycles. The van der Waals surface area contributed by atoms with Crippen molar-refractivity contribution in [2.45, 2.75) is 51.0 Å². The maximum atomic E-state index is 10.5. The molecule has 168 valence electrons. The van der Waals surface area contributed by atoms with Gasteiger partial charge in [-0.15, -0.1) is 0 Å². The van der Waals surface area contributed by atoms with Gasteiger partial charge in [-0.2, -0.15) is 5.10 Å². The second kappa shape index (κ2) is 7.66. The van der Waals surface area contributed by atoms with Crippen LogP contribution in [0, 0.1) is 11.8 Å². The maximum absolute atomic E-state index is 10.5. The summed E-state index contributed by atoms with van der Waals surface area (Å²) >= 11 is 0. The molecule has 1 N–H and O–H groups in total. The summed E-state index contributed by atoms with van der Waals surface area (Å²) in [5.41, 5.74) is 1.68. The first kappa shape index (κ1) is 21.1. The van der Waals surface area contributed by atoms with Gasteiger partial charge in [-0.05, 0) is 44.2 Å². The zero-order valence-corrected chi connectivity index (χ0v) is 19.4. The summed E-state index contributed by atoms with van der Waals surface area (Å²) < 4.78 is 1.91. The van der Waals surface area contributed by atoms with Crippen molar-refractivity contribution in [1.29, 1.82) is 0 Å². The molecule has 0 amide bonds. The summed E-state index contributed by atoms with van der Waals surface area (Å²) in [5.74, 6) is 2.23. The van der Waals surface area contributed by atoms with Crippen LogP contribution in [0.5, 0.6) is 0 Å². The molecule has 2 fully saturated rings. The Morgan fingerprint density at radius 2 is 1.94 bits per heavy atom. The molecular weight excluding hydrogens is 400 g/mol. The number of fused-ring (bicyclic) bond motifs is 1. The Labute approximate surface area is 189 Å². The van der Waals surface area contributed by atoms with Crippen LogP contribution >= 0.6 is 0 Å². The third-order valence-electron chi connectivity index (χ3n) is 7.47. The van der Waals surface area contributed by atoms with Crippen LogP contribution in [0.4, 0.5) is 5.82 Å². The summed E-state index contributed by atoms with van der Waals surface area (Å²) in [5, 5.41) is 16.3. The fraction of sp³-hybridized carbons (Fsp3) is 0.520. The number of aliphatic imine (C=N–C) groups is 1. The molecule has 3 aromatic rings. The third-order valence-corrected chi connectivity index (χ3v) is 7.47. The number of hydrogen-bond acceptors (Lipinski definition) is 6. The van der Waals surface area contributed by atoms with Gasteiger partial charge in [0, 0.05) is 49.1 Å². The Morgan fingerprint density at radius 3 is 2.59 bits per heavy atom. The maximum Gasteiger partial charge on any atom is 0.159 e. The van der Waals surface area contributed by atoms with Gasteiger partial charge in [0.1, 0.15) is 12.1 Å². The normalized spacial score (nSPS) is 23.2. The highest BCUT2D eigenvalue weighted by atomic mass is 16.3. The SMILES string of the molecule is CN=CC1(c2ccc3cnn(-c4cc(N5CC(C)C(C(C)(C)O)C5)ncn4)c3c2)CCC1. The Bertz CT molecular complexity index is 1160. The van der Waals surface area contributed by atoms with Gasteiger partial charge in [0.05, 0.1) is 17.3 Å². The van der Waals surface area contributed by atoms with Crippen LogP contribution in [-0.4, -0.2) is 56.8 Å². The van der Waals surface area contributed by atoms with E-state index in [-0.39, 0.29) is 11.3 Å². The number of benzene rings is 1. The summed E-state index contributed by atoms with van der Waals surface area (Å²) in [6.45, 7) is 7.64. The van der Waals surface area contributed by atoms with E-state index in [9.17, 15) is 5.11 Å². The number of rotatable bonds is 5. The standard InChI is InChI=1S/C25H32N6O/c1-17-13-30(14-20(17)24(2,3)32)22-11-23(28-16-27-22)31-21-10-19(7-6-18(21)12-29-31)25(15-26-4)8-5-9-25/h6-7,10-12,15-17,20,32H,5,8-9,13-14H2,1-4H3. The Hall–Kier alpha value is -2.80. The van der Waals surface area contributed by atoms with E-state index >= 15 is 0 Å². The third kappa shape index (κ3) is 3.48. The monoisotopic (exact) mass is 432 g/mol. The van der Waals surface area contributed by atoms with Gasteiger partial charge in [-0.25, -0.2) is 14.6 Å².